The number of pyridine rings is 1. The van der Waals surface area contributed by atoms with Crippen molar-refractivity contribution in [3.05, 3.63) is 42.7 Å². The fourth-order valence-corrected chi connectivity index (χ4v) is 1.41. The van der Waals surface area contributed by atoms with E-state index < -0.39 is 5.97 Å². The molecule has 0 aliphatic rings. The number of hydrogen-bond acceptors (Lipinski definition) is 3. The van der Waals surface area contributed by atoms with Gasteiger partial charge < -0.3 is 9.84 Å². The van der Waals surface area contributed by atoms with Crippen LogP contribution in [0, 0.1) is 0 Å². The lowest BCUT2D eigenvalue weighted by atomic mass is 10.4. The number of carboxylic acid groups (broad SMARTS) is 1. The Balaban J connectivity index is 2.58. The van der Waals surface area contributed by atoms with Gasteiger partial charge >= 0.3 is 5.97 Å². The molecular weight excluding hydrogens is 208 g/mol. The summed E-state index contributed by atoms with van der Waals surface area (Å²) in [6.45, 7) is 3.72. The van der Waals surface area contributed by atoms with Crippen molar-refractivity contribution in [2.24, 2.45) is 0 Å². The van der Waals surface area contributed by atoms with E-state index in [0.717, 1.165) is 0 Å². The summed E-state index contributed by atoms with van der Waals surface area (Å²) in [6, 6.07) is 5.23. The largest absolute Gasteiger partial charge is 0.476 e. The highest BCUT2D eigenvalue weighted by molar-refractivity contribution is 5.89. The number of carbonyl (C=O) groups is 1. The van der Waals surface area contributed by atoms with Crippen molar-refractivity contribution < 1.29 is 14.6 Å². The minimum atomic E-state index is -1.07. The fourth-order valence-electron chi connectivity index (χ4n) is 1.41. The number of aromatic carboxylic acids is 1. The van der Waals surface area contributed by atoms with Crippen molar-refractivity contribution in [1.82, 2.24) is 9.38 Å². The van der Waals surface area contributed by atoms with Crippen LogP contribution >= 0.6 is 0 Å². The van der Waals surface area contributed by atoms with Crippen LogP contribution in [0.3, 0.4) is 0 Å². The third-order valence-electron chi connectivity index (χ3n) is 2.04. The summed E-state index contributed by atoms with van der Waals surface area (Å²) in [5.41, 5.74) is 0.566. The number of carboxylic acids is 1. The van der Waals surface area contributed by atoms with Gasteiger partial charge in [0.05, 0.1) is 0 Å². The Kier molecular flexibility index (Phi) is 2.59. The smallest absolute Gasteiger partial charge is 0.358 e. The SMILES string of the molecule is C=CCOc1nc2ccccn2c1C(=O)O. The zero-order valence-electron chi connectivity index (χ0n) is 8.46. The predicted molar refractivity (Wildman–Crippen MR) is 57.8 cm³/mol. The maximum atomic E-state index is 11.1. The minimum absolute atomic E-state index is 0.0254. The Morgan fingerprint density at radius 1 is 1.62 bits per heavy atom. The van der Waals surface area contributed by atoms with Gasteiger partial charge in [0, 0.05) is 6.20 Å². The van der Waals surface area contributed by atoms with Gasteiger partial charge in [0.25, 0.3) is 0 Å². The fraction of sp³-hybridized carbons (Fsp3) is 0.0909. The average molecular weight is 218 g/mol. The van der Waals surface area contributed by atoms with Gasteiger partial charge in [0.15, 0.2) is 5.69 Å². The van der Waals surface area contributed by atoms with Gasteiger partial charge in [-0.25, -0.2) is 4.79 Å². The lowest BCUT2D eigenvalue weighted by Gasteiger charge is -2.00. The van der Waals surface area contributed by atoms with Gasteiger partial charge in [-0.05, 0) is 12.1 Å². The molecule has 0 atom stereocenters. The van der Waals surface area contributed by atoms with Crippen molar-refractivity contribution in [2.75, 3.05) is 6.61 Å². The van der Waals surface area contributed by atoms with Crippen LogP contribution in [-0.4, -0.2) is 27.1 Å². The maximum absolute atomic E-state index is 11.1. The standard InChI is InChI=1S/C11H10N2O3/c1-2-7-16-10-9(11(14)15)13-6-4-3-5-8(13)12-10/h2-6H,1,7H2,(H,14,15). The van der Waals surface area contributed by atoms with E-state index in [1.165, 1.54) is 10.5 Å². The first-order valence-electron chi connectivity index (χ1n) is 4.68. The van der Waals surface area contributed by atoms with Crippen LogP contribution in [0.5, 0.6) is 5.88 Å². The Morgan fingerprint density at radius 2 is 2.44 bits per heavy atom. The summed E-state index contributed by atoms with van der Waals surface area (Å²) >= 11 is 0. The summed E-state index contributed by atoms with van der Waals surface area (Å²) in [5, 5.41) is 9.09. The molecule has 0 radical (unpaired) electrons. The highest BCUT2D eigenvalue weighted by Gasteiger charge is 2.19. The van der Waals surface area contributed by atoms with Crippen LogP contribution in [-0.2, 0) is 0 Å². The van der Waals surface area contributed by atoms with Crippen LogP contribution in [0.25, 0.3) is 5.65 Å². The molecule has 0 aliphatic heterocycles. The molecule has 0 saturated carbocycles. The Hall–Kier alpha value is -2.30. The van der Waals surface area contributed by atoms with Crippen molar-refractivity contribution in [2.45, 2.75) is 0 Å². The Morgan fingerprint density at radius 3 is 3.12 bits per heavy atom. The van der Waals surface area contributed by atoms with E-state index in [4.69, 9.17) is 9.84 Å². The molecular formula is C11H10N2O3. The molecule has 0 fully saturated rings. The molecule has 2 aromatic rings. The molecule has 0 spiro atoms. The van der Waals surface area contributed by atoms with Gasteiger partial charge in [-0.3, -0.25) is 4.40 Å². The normalized spacial score (nSPS) is 10.2. The highest BCUT2D eigenvalue weighted by atomic mass is 16.5. The second-order valence-electron chi connectivity index (χ2n) is 3.10. The van der Waals surface area contributed by atoms with E-state index in [1.54, 1.807) is 24.4 Å². The molecule has 2 rings (SSSR count). The first-order valence-corrected chi connectivity index (χ1v) is 4.68. The van der Waals surface area contributed by atoms with Crippen LogP contribution in [0.15, 0.2) is 37.1 Å². The van der Waals surface area contributed by atoms with Crippen molar-refractivity contribution in [1.29, 1.82) is 0 Å². The molecule has 2 heterocycles. The van der Waals surface area contributed by atoms with Gasteiger partial charge in [-0.2, -0.15) is 4.98 Å². The molecule has 0 unspecified atom stereocenters. The minimum Gasteiger partial charge on any atom is -0.476 e. The number of aromatic nitrogens is 2. The number of rotatable bonds is 4. The number of nitrogens with zero attached hydrogens (tertiary/aromatic N) is 2. The first kappa shape index (κ1) is 10.2. The van der Waals surface area contributed by atoms with Crippen molar-refractivity contribution in [3.63, 3.8) is 0 Å². The Bertz CT molecular complexity index is 545. The monoisotopic (exact) mass is 218 g/mol. The van der Waals surface area contributed by atoms with Crippen LogP contribution in [0.2, 0.25) is 0 Å². The number of imidazole rings is 1. The zero-order chi connectivity index (χ0) is 11.5. The molecule has 0 amide bonds. The summed E-state index contributed by atoms with van der Waals surface area (Å²) in [7, 11) is 0. The molecule has 5 heteroatoms. The lowest BCUT2D eigenvalue weighted by Crippen LogP contribution is -2.05. The number of ether oxygens (including phenoxy) is 1. The van der Waals surface area contributed by atoms with E-state index in [-0.39, 0.29) is 18.2 Å². The second kappa shape index (κ2) is 4.06. The second-order valence-corrected chi connectivity index (χ2v) is 3.10. The summed E-state index contributed by atoms with van der Waals surface area (Å²) in [5.74, 6) is -0.962. The van der Waals surface area contributed by atoms with E-state index >= 15 is 0 Å². The molecule has 1 N–H and O–H groups in total. The van der Waals surface area contributed by atoms with E-state index in [1.807, 2.05) is 0 Å². The number of fused-ring (bicyclic) bond motifs is 1. The van der Waals surface area contributed by atoms with E-state index in [2.05, 4.69) is 11.6 Å². The summed E-state index contributed by atoms with van der Waals surface area (Å²) in [6.07, 6.45) is 3.17. The predicted octanol–water partition coefficient (Wildman–Crippen LogP) is 1.60. The van der Waals surface area contributed by atoms with Crippen molar-refractivity contribution in [3.8, 4) is 5.88 Å². The van der Waals surface area contributed by atoms with Gasteiger partial charge in [0.1, 0.15) is 12.3 Å². The third kappa shape index (κ3) is 1.63. The topological polar surface area (TPSA) is 63.8 Å². The maximum Gasteiger partial charge on any atom is 0.358 e. The molecule has 0 saturated heterocycles. The van der Waals surface area contributed by atoms with Crippen molar-refractivity contribution >= 4 is 11.6 Å². The highest BCUT2D eigenvalue weighted by Crippen LogP contribution is 2.19. The molecule has 16 heavy (non-hydrogen) atoms. The third-order valence-corrected chi connectivity index (χ3v) is 2.04. The quantitative estimate of drug-likeness (QED) is 0.791. The molecule has 5 nitrogen and oxygen atoms in total. The zero-order valence-corrected chi connectivity index (χ0v) is 8.46. The Labute approximate surface area is 91.6 Å². The van der Waals surface area contributed by atoms with E-state index in [9.17, 15) is 4.79 Å². The van der Waals surface area contributed by atoms with E-state index in [0.29, 0.717) is 5.65 Å². The molecule has 0 aromatic carbocycles. The number of hydrogen-bond donors (Lipinski definition) is 1. The lowest BCUT2D eigenvalue weighted by molar-refractivity contribution is 0.0684. The average Bonchev–Trinajstić information content (AvgIpc) is 2.64. The molecule has 2 aromatic heterocycles. The van der Waals surface area contributed by atoms with Gasteiger partial charge in [0.2, 0.25) is 5.88 Å². The molecule has 0 aliphatic carbocycles. The van der Waals surface area contributed by atoms with Crippen LogP contribution in [0.4, 0.5) is 0 Å². The van der Waals surface area contributed by atoms with Crippen LogP contribution in [0.1, 0.15) is 10.5 Å². The molecule has 82 valence electrons. The first-order chi connectivity index (χ1) is 7.74. The molecule has 0 bridgehead atoms. The summed E-state index contributed by atoms with van der Waals surface area (Å²) in [4.78, 5) is 15.2. The van der Waals surface area contributed by atoms with Crippen LogP contribution < -0.4 is 4.74 Å². The van der Waals surface area contributed by atoms with Gasteiger partial charge in [-0.1, -0.05) is 18.7 Å². The van der Waals surface area contributed by atoms with Gasteiger partial charge in [-0.15, -0.1) is 0 Å². The summed E-state index contributed by atoms with van der Waals surface area (Å²) < 4.78 is 6.67.